The van der Waals surface area contributed by atoms with E-state index in [-0.39, 0.29) is 11.2 Å². The fraction of sp³-hybridized carbons (Fsp3) is 0.583. The summed E-state index contributed by atoms with van der Waals surface area (Å²) in [6, 6.07) is 1.41. The molecular formula is C12H18N4O2. The van der Waals surface area contributed by atoms with Gasteiger partial charge in [0.15, 0.2) is 0 Å². The SMILES string of the molecule is CN(C)/C=N/c1cc(=O)n(C)c(=O)n1CC1CC1. The second-order valence-electron chi connectivity index (χ2n) is 4.94. The molecule has 0 N–H and O–H groups in total. The van der Waals surface area contributed by atoms with Crippen LogP contribution in [0.2, 0.25) is 0 Å². The van der Waals surface area contributed by atoms with Crippen molar-refractivity contribution in [2.45, 2.75) is 19.4 Å². The van der Waals surface area contributed by atoms with Crippen molar-refractivity contribution in [3.8, 4) is 0 Å². The topological polar surface area (TPSA) is 59.6 Å². The zero-order valence-electron chi connectivity index (χ0n) is 11.0. The molecule has 1 aromatic heterocycles. The molecule has 2 rings (SSSR count). The van der Waals surface area contributed by atoms with E-state index in [0.717, 1.165) is 17.4 Å². The van der Waals surface area contributed by atoms with E-state index in [1.807, 2.05) is 14.1 Å². The molecule has 0 aliphatic heterocycles. The Kier molecular flexibility index (Phi) is 3.36. The van der Waals surface area contributed by atoms with Crippen LogP contribution in [-0.2, 0) is 13.6 Å². The molecule has 1 aliphatic rings. The quantitative estimate of drug-likeness (QED) is 0.565. The molecule has 0 spiro atoms. The van der Waals surface area contributed by atoms with E-state index >= 15 is 0 Å². The second kappa shape index (κ2) is 4.80. The van der Waals surface area contributed by atoms with Gasteiger partial charge in [-0.25, -0.2) is 9.79 Å². The van der Waals surface area contributed by atoms with Crippen LogP contribution >= 0.6 is 0 Å². The number of nitrogens with zero attached hydrogens (tertiary/aromatic N) is 4. The van der Waals surface area contributed by atoms with Crippen molar-refractivity contribution >= 4 is 12.2 Å². The van der Waals surface area contributed by atoms with Crippen molar-refractivity contribution < 1.29 is 0 Å². The van der Waals surface area contributed by atoms with E-state index in [4.69, 9.17) is 0 Å². The Bertz CT molecular complexity index is 579. The van der Waals surface area contributed by atoms with Gasteiger partial charge in [-0.3, -0.25) is 13.9 Å². The maximum absolute atomic E-state index is 12.1. The molecule has 18 heavy (non-hydrogen) atoms. The lowest BCUT2D eigenvalue weighted by molar-refractivity contribution is 0.561. The number of aromatic nitrogens is 2. The lowest BCUT2D eigenvalue weighted by atomic mass is 10.4. The maximum Gasteiger partial charge on any atom is 0.332 e. The van der Waals surface area contributed by atoms with Crippen LogP contribution in [0.4, 0.5) is 5.82 Å². The van der Waals surface area contributed by atoms with Crippen molar-refractivity contribution in [3.05, 3.63) is 26.9 Å². The summed E-state index contributed by atoms with van der Waals surface area (Å²) in [6.07, 6.45) is 3.88. The third kappa shape index (κ3) is 2.69. The van der Waals surface area contributed by atoms with E-state index in [1.165, 1.54) is 13.1 Å². The molecule has 1 aromatic rings. The molecule has 0 aromatic carbocycles. The molecule has 0 unspecified atom stereocenters. The lowest BCUT2D eigenvalue weighted by Gasteiger charge is -2.11. The summed E-state index contributed by atoms with van der Waals surface area (Å²) in [4.78, 5) is 29.6. The molecule has 0 amide bonds. The Labute approximate surface area is 105 Å². The molecule has 6 nitrogen and oxygen atoms in total. The fourth-order valence-corrected chi connectivity index (χ4v) is 1.67. The molecule has 0 atom stereocenters. The highest BCUT2D eigenvalue weighted by Crippen LogP contribution is 2.31. The van der Waals surface area contributed by atoms with Crippen LogP contribution in [0.25, 0.3) is 0 Å². The first kappa shape index (κ1) is 12.6. The average molecular weight is 250 g/mol. The Morgan fingerprint density at radius 3 is 2.67 bits per heavy atom. The van der Waals surface area contributed by atoms with E-state index in [1.54, 1.807) is 15.8 Å². The largest absolute Gasteiger partial charge is 0.369 e. The highest BCUT2D eigenvalue weighted by atomic mass is 16.2. The van der Waals surface area contributed by atoms with Gasteiger partial charge in [0.1, 0.15) is 5.82 Å². The van der Waals surface area contributed by atoms with Crippen molar-refractivity contribution in [3.63, 3.8) is 0 Å². The van der Waals surface area contributed by atoms with Gasteiger partial charge in [0.25, 0.3) is 5.56 Å². The molecule has 0 radical (unpaired) electrons. The minimum Gasteiger partial charge on any atom is -0.369 e. The average Bonchev–Trinajstić information content (AvgIpc) is 3.11. The van der Waals surface area contributed by atoms with Gasteiger partial charge in [0, 0.05) is 33.8 Å². The van der Waals surface area contributed by atoms with Crippen LogP contribution in [0.1, 0.15) is 12.8 Å². The van der Waals surface area contributed by atoms with E-state index in [2.05, 4.69) is 4.99 Å². The predicted molar refractivity (Wildman–Crippen MR) is 70.5 cm³/mol. The number of hydrogen-bond donors (Lipinski definition) is 0. The first-order chi connectivity index (χ1) is 8.49. The number of rotatable bonds is 4. The van der Waals surface area contributed by atoms with Crippen molar-refractivity contribution in [2.75, 3.05) is 14.1 Å². The molecule has 1 saturated carbocycles. The molecule has 1 heterocycles. The molecule has 1 fully saturated rings. The molecular weight excluding hydrogens is 232 g/mol. The monoisotopic (exact) mass is 250 g/mol. The molecule has 6 heteroatoms. The van der Waals surface area contributed by atoms with Crippen LogP contribution in [-0.4, -0.2) is 34.5 Å². The molecule has 98 valence electrons. The van der Waals surface area contributed by atoms with Gasteiger partial charge < -0.3 is 4.90 Å². The maximum atomic E-state index is 12.1. The van der Waals surface area contributed by atoms with Crippen molar-refractivity contribution in [2.24, 2.45) is 18.0 Å². The van der Waals surface area contributed by atoms with E-state index in [0.29, 0.717) is 18.3 Å². The Hall–Kier alpha value is -1.85. The zero-order chi connectivity index (χ0) is 13.3. The Balaban J connectivity index is 2.47. The number of aliphatic imine (C=N–C) groups is 1. The minimum absolute atomic E-state index is 0.291. The fourth-order valence-electron chi connectivity index (χ4n) is 1.67. The van der Waals surface area contributed by atoms with Crippen molar-refractivity contribution in [1.29, 1.82) is 0 Å². The van der Waals surface area contributed by atoms with Gasteiger partial charge in [-0.1, -0.05) is 0 Å². The van der Waals surface area contributed by atoms with Crippen LogP contribution in [0.15, 0.2) is 20.6 Å². The van der Waals surface area contributed by atoms with E-state index < -0.39 is 0 Å². The second-order valence-corrected chi connectivity index (χ2v) is 4.94. The highest BCUT2D eigenvalue weighted by Gasteiger charge is 2.23. The van der Waals surface area contributed by atoms with Crippen LogP contribution in [0.5, 0.6) is 0 Å². The molecule has 1 aliphatic carbocycles. The van der Waals surface area contributed by atoms with Gasteiger partial charge in [-0.05, 0) is 18.8 Å². The summed E-state index contributed by atoms with van der Waals surface area (Å²) in [6.45, 7) is 0.646. The predicted octanol–water partition coefficient (Wildman–Crippen LogP) is 0.178. The zero-order valence-corrected chi connectivity index (χ0v) is 11.0. The molecule has 0 bridgehead atoms. The summed E-state index contributed by atoms with van der Waals surface area (Å²) in [5.74, 6) is 0.984. The summed E-state index contributed by atoms with van der Waals surface area (Å²) in [5, 5.41) is 0. The van der Waals surface area contributed by atoms with Crippen LogP contribution in [0, 0.1) is 5.92 Å². The van der Waals surface area contributed by atoms with Gasteiger partial charge in [0.05, 0.1) is 6.34 Å². The van der Waals surface area contributed by atoms with Crippen LogP contribution < -0.4 is 11.2 Å². The van der Waals surface area contributed by atoms with Crippen molar-refractivity contribution in [1.82, 2.24) is 14.0 Å². The van der Waals surface area contributed by atoms with Gasteiger partial charge in [-0.2, -0.15) is 0 Å². The third-order valence-corrected chi connectivity index (χ3v) is 2.94. The first-order valence-corrected chi connectivity index (χ1v) is 6.00. The lowest BCUT2D eigenvalue weighted by Crippen LogP contribution is -2.37. The highest BCUT2D eigenvalue weighted by molar-refractivity contribution is 5.58. The smallest absolute Gasteiger partial charge is 0.332 e. The number of hydrogen-bond acceptors (Lipinski definition) is 3. The first-order valence-electron chi connectivity index (χ1n) is 6.00. The van der Waals surface area contributed by atoms with Gasteiger partial charge >= 0.3 is 5.69 Å². The van der Waals surface area contributed by atoms with Gasteiger partial charge in [-0.15, -0.1) is 0 Å². The molecule has 0 saturated heterocycles. The summed E-state index contributed by atoms with van der Waals surface area (Å²) in [5.41, 5.74) is -0.613. The Morgan fingerprint density at radius 2 is 2.11 bits per heavy atom. The summed E-state index contributed by atoms with van der Waals surface area (Å²) < 4.78 is 2.70. The summed E-state index contributed by atoms with van der Waals surface area (Å²) >= 11 is 0. The van der Waals surface area contributed by atoms with E-state index in [9.17, 15) is 9.59 Å². The Morgan fingerprint density at radius 1 is 1.44 bits per heavy atom. The summed E-state index contributed by atoms with van der Waals surface area (Å²) in [7, 11) is 5.18. The minimum atomic E-state index is -0.321. The van der Waals surface area contributed by atoms with Crippen LogP contribution in [0.3, 0.4) is 0 Å². The van der Waals surface area contributed by atoms with Gasteiger partial charge in [0.2, 0.25) is 0 Å². The standard InChI is InChI=1S/C12H18N4O2/c1-14(2)8-13-10-6-11(17)15(3)12(18)16(10)7-9-4-5-9/h6,8-9H,4-5,7H2,1-3H3/b13-8+. The normalized spacial score (nSPS) is 15.3. The third-order valence-electron chi connectivity index (χ3n) is 2.94.